The molecule has 1 fully saturated rings. The molecule has 0 bridgehead atoms. The Hall–Kier alpha value is -2.28. The first-order valence-electron chi connectivity index (χ1n) is 8.39. The Morgan fingerprint density at radius 1 is 1.38 bits per heavy atom. The normalized spacial score (nSPS) is 19.4. The molecule has 0 spiro atoms. The maximum absolute atomic E-state index is 12.5. The Balaban J connectivity index is 1.65. The molecule has 2 aromatic rings. The molecule has 2 unspecified atom stereocenters. The minimum absolute atomic E-state index is 0.0681. The molecular weight excluding hydrogens is 304 g/mol. The molecule has 24 heavy (non-hydrogen) atoms. The fourth-order valence-electron chi connectivity index (χ4n) is 3.35. The van der Waals surface area contributed by atoms with Crippen LogP contribution in [0.4, 0.5) is 5.95 Å². The maximum Gasteiger partial charge on any atom is 0.243 e. The summed E-state index contributed by atoms with van der Waals surface area (Å²) >= 11 is 0. The zero-order valence-electron chi connectivity index (χ0n) is 14.4. The van der Waals surface area contributed by atoms with Gasteiger partial charge >= 0.3 is 0 Å². The standard InChI is InChI=1S/C17H24N6O/c1-12-10-13(2)23(21-12)11-15-6-4-9-22(15)14(3)16(24)20-17-18-7-5-8-19-17/h5,7-8,10,14-15H,4,6,9,11H2,1-3H3,(H,18,19,20,24). The van der Waals surface area contributed by atoms with E-state index in [0.717, 1.165) is 37.3 Å². The van der Waals surface area contributed by atoms with Gasteiger partial charge in [0.2, 0.25) is 11.9 Å². The van der Waals surface area contributed by atoms with Crippen LogP contribution in [0.15, 0.2) is 24.5 Å². The molecule has 3 rings (SSSR count). The molecule has 1 aliphatic rings. The van der Waals surface area contributed by atoms with Gasteiger partial charge in [0.05, 0.1) is 18.3 Å². The summed E-state index contributed by atoms with van der Waals surface area (Å²) in [7, 11) is 0. The lowest BCUT2D eigenvalue weighted by Crippen LogP contribution is -2.46. The Morgan fingerprint density at radius 3 is 2.79 bits per heavy atom. The highest BCUT2D eigenvalue weighted by molar-refractivity contribution is 5.93. The number of aryl methyl sites for hydroxylation is 2. The largest absolute Gasteiger partial charge is 0.293 e. The van der Waals surface area contributed by atoms with Crippen molar-refractivity contribution in [3.8, 4) is 0 Å². The van der Waals surface area contributed by atoms with E-state index in [1.165, 1.54) is 0 Å². The first-order chi connectivity index (χ1) is 11.5. The summed E-state index contributed by atoms with van der Waals surface area (Å²) in [6, 6.07) is 3.91. The molecule has 3 heterocycles. The van der Waals surface area contributed by atoms with E-state index in [2.05, 4.69) is 38.3 Å². The van der Waals surface area contributed by atoms with Crippen molar-refractivity contribution >= 4 is 11.9 Å². The first kappa shape index (κ1) is 16.6. The Bertz CT molecular complexity index is 698. The van der Waals surface area contributed by atoms with Crippen LogP contribution >= 0.6 is 0 Å². The minimum atomic E-state index is -0.224. The van der Waals surface area contributed by atoms with E-state index in [0.29, 0.717) is 12.0 Å². The molecule has 1 saturated heterocycles. The number of hydrogen-bond acceptors (Lipinski definition) is 5. The zero-order chi connectivity index (χ0) is 17.1. The number of nitrogens with zero attached hydrogens (tertiary/aromatic N) is 5. The van der Waals surface area contributed by atoms with Crippen LogP contribution in [0.1, 0.15) is 31.2 Å². The topological polar surface area (TPSA) is 75.9 Å². The van der Waals surface area contributed by atoms with Crippen molar-refractivity contribution in [2.24, 2.45) is 0 Å². The number of rotatable bonds is 5. The van der Waals surface area contributed by atoms with E-state index < -0.39 is 0 Å². The van der Waals surface area contributed by atoms with E-state index in [9.17, 15) is 4.79 Å². The summed E-state index contributed by atoms with van der Waals surface area (Å²) in [5.74, 6) is 0.283. The number of likely N-dealkylation sites (tertiary alicyclic amines) is 1. The number of nitrogens with one attached hydrogen (secondary N) is 1. The zero-order valence-corrected chi connectivity index (χ0v) is 14.4. The van der Waals surface area contributed by atoms with Crippen molar-refractivity contribution in [2.45, 2.75) is 52.2 Å². The molecule has 0 saturated carbocycles. The molecule has 7 heteroatoms. The first-order valence-corrected chi connectivity index (χ1v) is 8.39. The van der Waals surface area contributed by atoms with Crippen molar-refractivity contribution in [3.05, 3.63) is 35.9 Å². The quantitative estimate of drug-likeness (QED) is 0.905. The highest BCUT2D eigenvalue weighted by Gasteiger charge is 2.32. The van der Waals surface area contributed by atoms with Crippen molar-refractivity contribution in [3.63, 3.8) is 0 Å². The second kappa shape index (κ2) is 7.09. The number of anilines is 1. The number of carbonyl (C=O) groups is 1. The molecule has 0 radical (unpaired) electrons. The molecule has 0 aliphatic carbocycles. The van der Waals surface area contributed by atoms with Gasteiger partial charge < -0.3 is 0 Å². The van der Waals surface area contributed by atoms with Crippen LogP contribution < -0.4 is 5.32 Å². The summed E-state index contributed by atoms with van der Waals surface area (Å²) in [5.41, 5.74) is 2.19. The van der Waals surface area contributed by atoms with E-state index in [1.807, 2.05) is 18.5 Å². The van der Waals surface area contributed by atoms with E-state index in [4.69, 9.17) is 0 Å². The smallest absolute Gasteiger partial charge is 0.243 e. The summed E-state index contributed by atoms with van der Waals surface area (Å²) in [6.45, 7) is 7.76. The summed E-state index contributed by atoms with van der Waals surface area (Å²) in [4.78, 5) is 22.9. The van der Waals surface area contributed by atoms with Gasteiger partial charge in [0.15, 0.2) is 0 Å². The van der Waals surface area contributed by atoms with E-state index >= 15 is 0 Å². The van der Waals surface area contributed by atoms with Crippen molar-refractivity contribution < 1.29 is 4.79 Å². The highest BCUT2D eigenvalue weighted by Crippen LogP contribution is 2.22. The molecule has 2 aromatic heterocycles. The van der Waals surface area contributed by atoms with Crippen LogP contribution in [0.2, 0.25) is 0 Å². The lowest BCUT2D eigenvalue weighted by atomic mass is 10.2. The number of amides is 1. The van der Waals surface area contributed by atoms with Gasteiger partial charge in [-0.2, -0.15) is 5.10 Å². The molecule has 128 valence electrons. The van der Waals surface area contributed by atoms with Crippen LogP contribution in [-0.4, -0.2) is 49.2 Å². The van der Waals surface area contributed by atoms with Crippen molar-refractivity contribution in [2.75, 3.05) is 11.9 Å². The molecule has 0 aromatic carbocycles. The van der Waals surface area contributed by atoms with Gasteiger partial charge in [0.25, 0.3) is 0 Å². The van der Waals surface area contributed by atoms with Gasteiger partial charge in [-0.25, -0.2) is 9.97 Å². The molecule has 1 N–H and O–H groups in total. The molecule has 7 nitrogen and oxygen atoms in total. The van der Waals surface area contributed by atoms with Crippen LogP contribution in [0.25, 0.3) is 0 Å². The number of carbonyl (C=O) groups excluding carboxylic acids is 1. The van der Waals surface area contributed by atoms with Crippen LogP contribution in [-0.2, 0) is 11.3 Å². The van der Waals surface area contributed by atoms with Gasteiger partial charge in [-0.15, -0.1) is 0 Å². The molecule has 1 aliphatic heterocycles. The average Bonchev–Trinajstić information content (AvgIpc) is 3.14. The Labute approximate surface area is 142 Å². The third kappa shape index (κ3) is 3.62. The lowest BCUT2D eigenvalue weighted by Gasteiger charge is -2.29. The van der Waals surface area contributed by atoms with Gasteiger partial charge in [-0.05, 0) is 52.3 Å². The highest BCUT2D eigenvalue weighted by atomic mass is 16.2. The predicted molar refractivity (Wildman–Crippen MR) is 91.6 cm³/mol. The molecule has 1 amide bonds. The van der Waals surface area contributed by atoms with Crippen molar-refractivity contribution in [1.82, 2.24) is 24.6 Å². The second-order valence-corrected chi connectivity index (χ2v) is 6.38. The van der Waals surface area contributed by atoms with Crippen LogP contribution in [0.3, 0.4) is 0 Å². The van der Waals surface area contributed by atoms with Gasteiger partial charge in [-0.1, -0.05) is 0 Å². The summed E-state index contributed by atoms with van der Waals surface area (Å²) < 4.78 is 2.04. The summed E-state index contributed by atoms with van der Waals surface area (Å²) in [6.07, 6.45) is 5.42. The van der Waals surface area contributed by atoms with Gasteiger partial charge in [-0.3, -0.25) is 19.7 Å². The van der Waals surface area contributed by atoms with Crippen molar-refractivity contribution in [1.29, 1.82) is 0 Å². The minimum Gasteiger partial charge on any atom is -0.293 e. The Morgan fingerprint density at radius 2 is 2.12 bits per heavy atom. The molecule has 2 atom stereocenters. The number of hydrogen-bond donors (Lipinski definition) is 1. The van der Waals surface area contributed by atoms with Gasteiger partial charge in [0, 0.05) is 24.1 Å². The van der Waals surface area contributed by atoms with E-state index in [-0.39, 0.29) is 11.9 Å². The predicted octanol–water partition coefficient (Wildman–Crippen LogP) is 1.78. The number of aromatic nitrogens is 4. The third-order valence-electron chi connectivity index (χ3n) is 4.59. The lowest BCUT2D eigenvalue weighted by molar-refractivity contribution is -0.121. The second-order valence-electron chi connectivity index (χ2n) is 6.38. The molecular formula is C17H24N6O. The third-order valence-corrected chi connectivity index (χ3v) is 4.59. The SMILES string of the molecule is Cc1cc(C)n(CC2CCCN2C(C)C(=O)Nc2ncccn2)n1. The fraction of sp³-hybridized carbons (Fsp3) is 0.529. The van der Waals surface area contributed by atoms with Crippen LogP contribution in [0.5, 0.6) is 0 Å². The van der Waals surface area contributed by atoms with E-state index in [1.54, 1.807) is 18.5 Å². The average molecular weight is 328 g/mol. The van der Waals surface area contributed by atoms with Gasteiger partial charge in [0.1, 0.15) is 0 Å². The summed E-state index contributed by atoms with van der Waals surface area (Å²) in [5, 5.41) is 7.34. The maximum atomic E-state index is 12.5. The monoisotopic (exact) mass is 328 g/mol. The Kier molecular flexibility index (Phi) is 4.89. The fourth-order valence-corrected chi connectivity index (χ4v) is 3.35. The van der Waals surface area contributed by atoms with Crippen LogP contribution in [0, 0.1) is 13.8 Å².